The van der Waals surface area contributed by atoms with Crippen molar-refractivity contribution in [2.45, 2.75) is 52.9 Å². The maximum Gasteiger partial charge on any atom is 0.160 e. The van der Waals surface area contributed by atoms with Crippen LogP contribution < -0.4 is 21.2 Å². The van der Waals surface area contributed by atoms with Crippen LogP contribution in [0.1, 0.15) is 88.9 Å². The first kappa shape index (κ1) is 31.4. The largest absolute Gasteiger partial charge is 0.294 e. The lowest BCUT2D eigenvalue weighted by molar-refractivity contribution is 0.101. The molecule has 0 amide bonds. The van der Waals surface area contributed by atoms with Crippen LogP contribution in [-0.2, 0) is 0 Å². The quantitative estimate of drug-likeness (QED) is 0.129. The van der Waals surface area contributed by atoms with Crippen molar-refractivity contribution in [3.8, 4) is 0 Å². The molecule has 4 aromatic rings. The van der Waals surface area contributed by atoms with Gasteiger partial charge in [-0.15, -0.1) is 0 Å². The van der Waals surface area contributed by atoms with Gasteiger partial charge in [-0.25, -0.2) is 0 Å². The van der Waals surface area contributed by atoms with Crippen molar-refractivity contribution in [3.63, 3.8) is 0 Å². The van der Waals surface area contributed by atoms with Gasteiger partial charge in [0.15, 0.2) is 23.1 Å². The van der Waals surface area contributed by atoms with Crippen molar-refractivity contribution < 1.29 is 19.2 Å². The van der Waals surface area contributed by atoms with E-state index in [0.717, 1.165) is 34.1 Å². The molecule has 42 heavy (non-hydrogen) atoms. The summed E-state index contributed by atoms with van der Waals surface area (Å²) < 4.78 is 0. The Morgan fingerprint density at radius 3 is 0.929 bits per heavy atom. The Labute approximate surface area is 251 Å². The number of ketones is 4. The minimum atomic E-state index is -1.31. The van der Waals surface area contributed by atoms with Gasteiger partial charge in [0.25, 0.3) is 0 Å². The molecule has 0 aliphatic rings. The summed E-state index contributed by atoms with van der Waals surface area (Å²) >= 11 is 0. The monoisotopic (exact) mass is 594 g/mol. The highest BCUT2D eigenvalue weighted by atomic mass is 31.2. The van der Waals surface area contributed by atoms with E-state index in [1.54, 1.807) is 27.7 Å². The summed E-state index contributed by atoms with van der Waals surface area (Å²) in [7, 11) is -2.62. The third kappa shape index (κ3) is 6.57. The summed E-state index contributed by atoms with van der Waals surface area (Å²) in [5, 5.41) is 3.59. The second kappa shape index (κ2) is 14.1. The van der Waals surface area contributed by atoms with Crippen molar-refractivity contribution in [1.82, 2.24) is 0 Å². The third-order valence-electron chi connectivity index (χ3n) is 7.31. The third-order valence-corrected chi connectivity index (χ3v) is 14.0. The van der Waals surface area contributed by atoms with Crippen LogP contribution in [0.5, 0.6) is 0 Å². The van der Waals surface area contributed by atoms with Crippen LogP contribution in [0.25, 0.3) is 0 Å². The highest BCUT2D eigenvalue weighted by molar-refractivity contribution is 7.90. The SMILES string of the molecule is CCCC(P(c1ccccc1C(C)=O)c1ccccc1C(C)=O)P(c1ccccc1C(C)=O)c1ccccc1C(C)=O. The van der Waals surface area contributed by atoms with Crippen LogP contribution in [-0.4, -0.2) is 28.5 Å². The van der Waals surface area contributed by atoms with Gasteiger partial charge in [-0.3, -0.25) is 19.2 Å². The van der Waals surface area contributed by atoms with Crippen molar-refractivity contribution in [2.24, 2.45) is 0 Å². The Kier molecular flexibility index (Phi) is 10.5. The molecule has 0 radical (unpaired) electrons. The molecule has 4 aromatic carbocycles. The first-order valence-electron chi connectivity index (χ1n) is 14.2. The summed E-state index contributed by atoms with van der Waals surface area (Å²) in [6.07, 6.45) is 1.62. The van der Waals surface area contributed by atoms with E-state index >= 15 is 0 Å². The summed E-state index contributed by atoms with van der Waals surface area (Å²) in [6, 6.07) is 30.8. The molecule has 0 N–H and O–H groups in total. The van der Waals surface area contributed by atoms with Crippen LogP contribution in [0.3, 0.4) is 0 Å². The van der Waals surface area contributed by atoms with E-state index in [1.165, 1.54) is 0 Å². The Morgan fingerprint density at radius 2 is 0.714 bits per heavy atom. The number of benzene rings is 4. The predicted molar refractivity (Wildman–Crippen MR) is 177 cm³/mol. The molecule has 4 nitrogen and oxygen atoms in total. The fourth-order valence-electron chi connectivity index (χ4n) is 5.46. The van der Waals surface area contributed by atoms with Crippen LogP contribution in [0.15, 0.2) is 97.1 Å². The Balaban J connectivity index is 2.17. The van der Waals surface area contributed by atoms with Gasteiger partial charge < -0.3 is 0 Å². The zero-order valence-electron chi connectivity index (χ0n) is 24.8. The summed E-state index contributed by atoms with van der Waals surface area (Å²) in [5.41, 5.74) is 2.55. The number of carbonyl (C=O) groups excluding carboxylic acids is 4. The number of carbonyl (C=O) groups is 4. The smallest absolute Gasteiger partial charge is 0.160 e. The molecule has 0 aromatic heterocycles. The van der Waals surface area contributed by atoms with Gasteiger partial charge in [0.2, 0.25) is 0 Å². The van der Waals surface area contributed by atoms with Crippen LogP contribution in [0, 0.1) is 0 Å². The van der Waals surface area contributed by atoms with E-state index in [0.29, 0.717) is 22.3 Å². The number of hydrogen-bond acceptors (Lipinski definition) is 4. The minimum Gasteiger partial charge on any atom is -0.294 e. The summed E-state index contributed by atoms with van der Waals surface area (Å²) in [6.45, 7) is 8.46. The molecule has 0 saturated carbocycles. The number of hydrogen-bond donors (Lipinski definition) is 0. The maximum absolute atomic E-state index is 13.1. The second-order valence-corrected chi connectivity index (χ2v) is 15.4. The summed E-state index contributed by atoms with van der Waals surface area (Å²) in [4.78, 5) is 52.2. The number of Topliss-reactive ketones (excluding diaryl/α,β-unsaturated/α-hetero) is 4. The fraction of sp³-hybridized carbons (Fsp3) is 0.222. The molecule has 0 unspecified atom stereocenters. The molecule has 6 heteroatoms. The molecule has 4 rings (SSSR count). The molecule has 0 fully saturated rings. The van der Waals surface area contributed by atoms with Gasteiger partial charge in [-0.1, -0.05) is 110 Å². The second-order valence-electron chi connectivity index (χ2n) is 10.3. The molecule has 0 atom stereocenters. The molecule has 0 saturated heterocycles. The van der Waals surface area contributed by atoms with E-state index in [1.807, 2.05) is 97.1 Å². The fourth-order valence-corrected chi connectivity index (χ4v) is 13.7. The van der Waals surface area contributed by atoms with Gasteiger partial charge in [-0.05, 0) is 71.2 Å². The lowest BCUT2D eigenvalue weighted by atomic mass is 10.1. The van der Waals surface area contributed by atoms with Crippen molar-refractivity contribution in [1.29, 1.82) is 0 Å². The van der Waals surface area contributed by atoms with Crippen LogP contribution in [0.4, 0.5) is 0 Å². The van der Waals surface area contributed by atoms with Gasteiger partial charge in [0.05, 0.1) is 0 Å². The highest BCUT2D eigenvalue weighted by Gasteiger charge is 2.38. The minimum absolute atomic E-state index is 0.0359. The van der Waals surface area contributed by atoms with Gasteiger partial charge >= 0.3 is 0 Å². The van der Waals surface area contributed by atoms with Gasteiger partial charge in [0, 0.05) is 27.7 Å². The van der Waals surface area contributed by atoms with E-state index in [9.17, 15) is 19.2 Å². The van der Waals surface area contributed by atoms with E-state index in [2.05, 4.69) is 6.92 Å². The lowest BCUT2D eigenvalue weighted by Crippen LogP contribution is -2.33. The van der Waals surface area contributed by atoms with Crippen molar-refractivity contribution >= 4 is 60.2 Å². The van der Waals surface area contributed by atoms with E-state index in [-0.39, 0.29) is 28.5 Å². The average molecular weight is 595 g/mol. The molecule has 214 valence electrons. The Morgan fingerprint density at radius 1 is 0.476 bits per heavy atom. The summed E-state index contributed by atoms with van der Waals surface area (Å²) in [5.74, 6) is -0.144. The van der Waals surface area contributed by atoms with E-state index in [4.69, 9.17) is 0 Å². The Hall–Kier alpha value is -3.58. The molecule has 0 aliphatic heterocycles. The molecule has 0 aliphatic carbocycles. The predicted octanol–water partition coefficient (Wildman–Crippen LogP) is 7.19. The normalized spacial score (nSPS) is 11.2. The van der Waals surface area contributed by atoms with Crippen molar-refractivity contribution in [2.75, 3.05) is 0 Å². The zero-order chi connectivity index (χ0) is 30.4. The molecule has 0 bridgehead atoms. The highest BCUT2D eigenvalue weighted by Crippen LogP contribution is 2.59. The molecular weight excluding hydrogens is 558 g/mol. The standard InChI is InChI=1S/C36H36O4P2/c1-6-15-36(41(32-20-11-7-16-28(32)24(2)37)33-21-12-8-17-29(33)25(3)38)42(34-22-13-9-18-30(34)26(4)39)35-23-14-10-19-31(35)27(5)40/h7-14,16-23,36H,6,15H2,1-5H3. The van der Waals surface area contributed by atoms with Crippen LogP contribution >= 0.6 is 15.8 Å². The van der Waals surface area contributed by atoms with E-state index < -0.39 is 15.8 Å². The van der Waals surface area contributed by atoms with Crippen LogP contribution in [0.2, 0.25) is 0 Å². The van der Waals surface area contributed by atoms with Gasteiger partial charge in [0.1, 0.15) is 0 Å². The zero-order valence-corrected chi connectivity index (χ0v) is 26.5. The average Bonchev–Trinajstić information content (AvgIpc) is 2.98. The molecular formula is C36H36O4P2. The van der Waals surface area contributed by atoms with Gasteiger partial charge in [-0.2, -0.15) is 0 Å². The number of rotatable bonds is 12. The lowest BCUT2D eigenvalue weighted by Gasteiger charge is -2.38. The first-order chi connectivity index (χ1) is 20.2. The Bertz CT molecular complexity index is 1410. The topological polar surface area (TPSA) is 68.3 Å². The molecule has 0 spiro atoms. The first-order valence-corrected chi connectivity index (χ1v) is 17.0. The molecule has 0 heterocycles. The maximum atomic E-state index is 13.1. The van der Waals surface area contributed by atoms with Crippen molar-refractivity contribution in [3.05, 3.63) is 119 Å².